The van der Waals surface area contributed by atoms with Crippen molar-refractivity contribution < 1.29 is 9.84 Å². The Morgan fingerprint density at radius 2 is 2.32 bits per heavy atom. The van der Waals surface area contributed by atoms with Crippen LogP contribution in [0.4, 0.5) is 0 Å². The van der Waals surface area contributed by atoms with Gasteiger partial charge in [0.25, 0.3) is 0 Å². The highest BCUT2D eigenvalue weighted by Crippen LogP contribution is 2.38. The summed E-state index contributed by atoms with van der Waals surface area (Å²) in [5.74, 6) is 0. The number of thiophene rings is 1. The standard InChI is InChI=1S/C13H17BrN2O2S/c1-9-4-7-19-12(9)13(2,17)11-10(14)8-15-16(11)5-6-18-3/h4,7-8,17H,5-6H2,1-3H3. The van der Waals surface area contributed by atoms with E-state index in [0.29, 0.717) is 13.2 Å². The summed E-state index contributed by atoms with van der Waals surface area (Å²) < 4.78 is 7.67. The molecule has 2 heterocycles. The number of aromatic nitrogens is 2. The number of rotatable bonds is 5. The first-order valence-corrected chi connectivity index (χ1v) is 7.63. The van der Waals surface area contributed by atoms with Crippen LogP contribution in [0.15, 0.2) is 22.1 Å². The maximum Gasteiger partial charge on any atom is 0.139 e. The monoisotopic (exact) mass is 344 g/mol. The van der Waals surface area contributed by atoms with Gasteiger partial charge in [0.1, 0.15) is 5.60 Å². The van der Waals surface area contributed by atoms with Gasteiger partial charge in [0.2, 0.25) is 0 Å². The molecule has 2 aromatic rings. The smallest absolute Gasteiger partial charge is 0.139 e. The molecule has 2 rings (SSSR count). The molecule has 0 aromatic carbocycles. The minimum absolute atomic E-state index is 0.556. The topological polar surface area (TPSA) is 47.3 Å². The van der Waals surface area contributed by atoms with Crippen LogP contribution in [0.25, 0.3) is 0 Å². The lowest BCUT2D eigenvalue weighted by molar-refractivity contribution is 0.0906. The highest BCUT2D eigenvalue weighted by molar-refractivity contribution is 9.10. The van der Waals surface area contributed by atoms with Gasteiger partial charge in [0, 0.05) is 12.0 Å². The summed E-state index contributed by atoms with van der Waals surface area (Å²) in [5, 5.41) is 17.2. The van der Waals surface area contributed by atoms with Gasteiger partial charge in [-0.2, -0.15) is 5.10 Å². The maximum absolute atomic E-state index is 11.0. The van der Waals surface area contributed by atoms with Crippen molar-refractivity contribution in [2.75, 3.05) is 13.7 Å². The number of ether oxygens (including phenoxy) is 1. The molecule has 2 aromatic heterocycles. The zero-order valence-corrected chi connectivity index (χ0v) is 13.6. The molecule has 1 unspecified atom stereocenters. The lowest BCUT2D eigenvalue weighted by Crippen LogP contribution is -2.28. The first-order valence-electron chi connectivity index (χ1n) is 5.96. The number of hydrogen-bond acceptors (Lipinski definition) is 4. The van der Waals surface area contributed by atoms with Gasteiger partial charge in [0.05, 0.1) is 29.5 Å². The molecule has 104 valence electrons. The Bertz CT molecular complexity index is 563. The quantitative estimate of drug-likeness (QED) is 0.906. The van der Waals surface area contributed by atoms with Crippen LogP contribution in [0.1, 0.15) is 23.1 Å². The second kappa shape index (κ2) is 5.75. The highest BCUT2D eigenvalue weighted by Gasteiger charge is 2.34. The van der Waals surface area contributed by atoms with E-state index in [1.807, 2.05) is 18.4 Å². The van der Waals surface area contributed by atoms with E-state index in [-0.39, 0.29) is 0 Å². The fourth-order valence-electron chi connectivity index (χ4n) is 2.17. The van der Waals surface area contributed by atoms with Crippen LogP contribution in [-0.2, 0) is 16.9 Å². The maximum atomic E-state index is 11.0. The van der Waals surface area contributed by atoms with Crippen molar-refractivity contribution in [3.63, 3.8) is 0 Å². The van der Waals surface area contributed by atoms with E-state index in [2.05, 4.69) is 21.0 Å². The third-order valence-electron chi connectivity index (χ3n) is 3.07. The molecule has 0 fully saturated rings. The molecule has 0 radical (unpaired) electrons. The zero-order valence-electron chi connectivity index (χ0n) is 11.2. The molecule has 1 atom stereocenters. The van der Waals surface area contributed by atoms with Crippen LogP contribution in [0.3, 0.4) is 0 Å². The molecular formula is C13H17BrN2O2S. The van der Waals surface area contributed by atoms with Gasteiger partial charge in [-0.15, -0.1) is 11.3 Å². The number of methoxy groups -OCH3 is 1. The van der Waals surface area contributed by atoms with Crippen LogP contribution in [0.5, 0.6) is 0 Å². The van der Waals surface area contributed by atoms with E-state index >= 15 is 0 Å². The molecule has 0 bridgehead atoms. The Morgan fingerprint density at radius 1 is 1.58 bits per heavy atom. The average molecular weight is 345 g/mol. The molecule has 0 spiro atoms. The van der Waals surface area contributed by atoms with Crippen molar-refractivity contribution in [3.8, 4) is 0 Å². The van der Waals surface area contributed by atoms with Gasteiger partial charge in [-0.05, 0) is 46.8 Å². The fraction of sp³-hybridized carbons (Fsp3) is 0.462. The molecule has 0 amide bonds. The van der Waals surface area contributed by atoms with Gasteiger partial charge < -0.3 is 9.84 Å². The van der Waals surface area contributed by atoms with Crippen LogP contribution < -0.4 is 0 Å². The van der Waals surface area contributed by atoms with Crippen molar-refractivity contribution in [3.05, 3.63) is 38.3 Å². The Balaban J connectivity index is 2.45. The SMILES string of the molecule is COCCn1ncc(Br)c1C(C)(O)c1sccc1C. The molecule has 0 saturated carbocycles. The Hall–Kier alpha value is -0.690. The largest absolute Gasteiger partial charge is 0.383 e. The van der Waals surface area contributed by atoms with Crippen LogP contribution in [0, 0.1) is 6.92 Å². The molecule has 0 saturated heterocycles. The third-order valence-corrected chi connectivity index (χ3v) is 4.87. The predicted molar refractivity (Wildman–Crippen MR) is 79.5 cm³/mol. The Morgan fingerprint density at radius 3 is 2.89 bits per heavy atom. The van der Waals surface area contributed by atoms with Crippen molar-refractivity contribution >= 4 is 27.3 Å². The van der Waals surface area contributed by atoms with E-state index in [1.165, 1.54) is 0 Å². The van der Waals surface area contributed by atoms with E-state index < -0.39 is 5.60 Å². The van der Waals surface area contributed by atoms with Crippen LogP contribution in [0.2, 0.25) is 0 Å². The van der Waals surface area contributed by atoms with Gasteiger partial charge >= 0.3 is 0 Å². The van der Waals surface area contributed by atoms with Crippen LogP contribution in [-0.4, -0.2) is 28.6 Å². The van der Waals surface area contributed by atoms with Crippen molar-refractivity contribution in [1.29, 1.82) is 0 Å². The highest BCUT2D eigenvalue weighted by atomic mass is 79.9. The normalized spacial score (nSPS) is 14.6. The summed E-state index contributed by atoms with van der Waals surface area (Å²) in [7, 11) is 1.65. The second-order valence-electron chi connectivity index (χ2n) is 4.56. The van der Waals surface area contributed by atoms with E-state index in [1.54, 1.807) is 36.2 Å². The minimum Gasteiger partial charge on any atom is -0.383 e. The molecule has 0 aliphatic carbocycles. The first-order chi connectivity index (χ1) is 8.98. The van der Waals surface area contributed by atoms with E-state index in [0.717, 1.165) is 20.6 Å². The third kappa shape index (κ3) is 2.76. The summed E-state index contributed by atoms with van der Waals surface area (Å²) in [4.78, 5) is 0.937. The molecule has 4 nitrogen and oxygen atoms in total. The molecule has 6 heteroatoms. The summed E-state index contributed by atoms with van der Waals surface area (Å²) >= 11 is 5.03. The summed E-state index contributed by atoms with van der Waals surface area (Å²) in [6, 6.07) is 2.01. The van der Waals surface area contributed by atoms with Crippen molar-refractivity contribution in [1.82, 2.24) is 9.78 Å². The lowest BCUT2D eigenvalue weighted by Gasteiger charge is -2.25. The Labute approximate surface area is 125 Å². The van der Waals surface area contributed by atoms with Gasteiger partial charge in [-0.1, -0.05) is 0 Å². The molecular weight excluding hydrogens is 328 g/mol. The summed E-state index contributed by atoms with van der Waals surface area (Å²) in [6.45, 7) is 4.97. The number of nitrogens with zero attached hydrogens (tertiary/aromatic N) is 2. The molecule has 19 heavy (non-hydrogen) atoms. The lowest BCUT2D eigenvalue weighted by atomic mass is 9.97. The Kier molecular flexibility index (Phi) is 4.45. The molecule has 0 aliphatic heterocycles. The fourth-order valence-corrected chi connectivity index (χ4v) is 3.84. The predicted octanol–water partition coefficient (Wildman–Crippen LogP) is 2.92. The number of aliphatic hydroxyl groups is 1. The van der Waals surface area contributed by atoms with E-state index in [4.69, 9.17) is 4.74 Å². The van der Waals surface area contributed by atoms with Crippen molar-refractivity contribution in [2.24, 2.45) is 0 Å². The van der Waals surface area contributed by atoms with Gasteiger partial charge in [0.15, 0.2) is 0 Å². The number of aryl methyl sites for hydroxylation is 1. The van der Waals surface area contributed by atoms with Crippen LogP contribution >= 0.6 is 27.3 Å². The molecule has 1 N–H and O–H groups in total. The number of hydrogen-bond donors (Lipinski definition) is 1. The second-order valence-corrected chi connectivity index (χ2v) is 6.33. The van der Waals surface area contributed by atoms with Gasteiger partial charge in [-0.25, -0.2) is 0 Å². The van der Waals surface area contributed by atoms with Crippen molar-refractivity contribution in [2.45, 2.75) is 26.0 Å². The summed E-state index contributed by atoms with van der Waals surface area (Å²) in [5.41, 5.74) is 0.776. The first kappa shape index (κ1) is 14.7. The van der Waals surface area contributed by atoms with Gasteiger partial charge in [-0.3, -0.25) is 4.68 Å². The summed E-state index contributed by atoms with van der Waals surface area (Å²) in [6.07, 6.45) is 1.71. The minimum atomic E-state index is -1.07. The number of halogens is 1. The zero-order chi connectivity index (χ0) is 14.0. The molecule has 0 aliphatic rings. The van der Waals surface area contributed by atoms with E-state index in [9.17, 15) is 5.11 Å². The average Bonchev–Trinajstić information content (AvgIpc) is 2.93.